The smallest absolute Gasteiger partial charge is 0.274 e. The van der Waals surface area contributed by atoms with Gasteiger partial charge in [-0.15, -0.1) is 12.6 Å². The highest BCUT2D eigenvalue weighted by molar-refractivity contribution is 7.80. The van der Waals surface area contributed by atoms with Crippen LogP contribution in [-0.2, 0) is 4.84 Å². The highest BCUT2D eigenvalue weighted by Crippen LogP contribution is 2.14. The number of thiol groups is 1. The third-order valence-corrected chi connectivity index (χ3v) is 2.02. The summed E-state index contributed by atoms with van der Waals surface area (Å²) in [7, 11) is 2.75. The van der Waals surface area contributed by atoms with Crippen LogP contribution in [0.15, 0.2) is 23.1 Å². The van der Waals surface area contributed by atoms with Crippen LogP contribution in [0.4, 0.5) is 4.39 Å². The zero-order valence-electron chi connectivity index (χ0n) is 7.82. The van der Waals surface area contributed by atoms with Crippen LogP contribution in [0.1, 0.15) is 10.4 Å². The largest absolute Gasteiger partial charge is 0.280 e. The van der Waals surface area contributed by atoms with Crippen molar-refractivity contribution in [2.24, 2.45) is 0 Å². The van der Waals surface area contributed by atoms with Crippen LogP contribution >= 0.6 is 12.6 Å². The summed E-state index contributed by atoms with van der Waals surface area (Å²) in [4.78, 5) is 16.6. The fourth-order valence-electron chi connectivity index (χ4n) is 0.930. The van der Waals surface area contributed by atoms with Crippen molar-refractivity contribution < 1.29 is 14.0 Å². The fraction of sp³-hybridized carbons (Fsp3) is 0.222. The molecule has 1 rings (SSSR count). The van der Waals surface area contributed by atoms with E-state index in [0.29, 0.717) is 4.90 Å². The van der Waals surface area contributed by atoms with Gasteiger partial charge in [0.2, 0.25) is 0 Å². The van der Waals surface area contributed by atoms with Gasteiger partial charge in [0.15, 0.2) is 0 Å². The van der Waals surface area contributed by atoms with E-state index in [1.165, 1.54) is 26.3 Å². The van der Waals surface area contributed by atoms with Gasteiger partial charge in [-0.1, -0.05) is 0 Å². The van der Waals surface area contributed by atoms with Crippen molar-refractivity contribution >= 4 is 18.5 Å². The molecule has 0 saturated heterocycles. The molecule has 0 radical (unpaired) electrons. The monoisotopic (exact) mass is 215 g/mol. The van der Waals surface area contributed by atoms with Gasteiger partial charge in [0.25, 0.3) is 5.91 Å². The Bertz CT molecular complexity index is 357. The number of carbonyl (C=O) groups excluding carboxylic acids is 1. The summed E-state index contributed by atoms with van der Waals surface area (Å²) in [6.07, 6.45) is 0. The molecule has 0 saturated carbocycles. The minimum atomic E-state index is -0.605. The number of halogens is 1. The molecule has 0 fully saturated rings. The molecule has 0 bridgehead atoms. The Morgan fingerprint density at radius 2 is 2.21 bits per heavy atom. The SMILES string of the molecule is CON(C)C(=O)c1ccc(S)cc1F. The van der Waals surface area contributed by atoms with Gasteiger partial charge in [0, 0.05) is 11.9 Å². The third kappa shape index (κ3) is 2.24. The number of carbonyl (C=O) groups is 1. The van der Waals surface area contributed by atoms with Gasteiger partial charge in [-0.05, 0) is 18.2 Å². The van der Waals surface area contributed by atoms with Crippen LogP contribution in [0, 0.1) is 5.82 Å². The maximum absolute atomic E-state index is 13.2. The van der Waals surface area contributed by atoms with E-state index in [1.54, 1.807) is 6.07 Å². The van der Waals surface area contributed by atoms with E-state index in [1.807, 2.05) is 0 Å². The van der Waals surface area contributed by atoms with Crippen molar-refractivity contribution in [2.45, 2.75) is 4.90 Å². The lowest BCUT2D eigenvalue weighted by Crippen LogP contribution is -2.26. The minimum Gasteiger partial charge on any atom is -0.274 e. The predicted octanol–water partition coefficient (Wildman–Crippen LogP) is 1.75. The average molecular weight is 215 g/mol. The second-order valence-electron chi connectivity index (χ2n) is 2.65. The van der Waals surface area contributed by atoms with Crippen LogP contribution in [0.2, 0.25) is 0 Å². The molecule has 5 heteroatoms. The van der Waals surface area contributed by atoms with Gasteiger partial charge in [0.05, 0.1) is 12.7 Å². The highest BCUT2D eigenvalue weighted by Gasteiger charge is 2.15. The minimum absolute atomic E-state index is 0.0350. The van der Waals surface area contributed by atoms with Gasteiger partial charge < -0.3 is 0 Å². The van der Waals surface area contributed by atoms with E-state index in [2.05, 4.69) is 17.5 Å². The molecule has 0 unspecified atom stereocenters. The molecule has 76 valence electrons. The predicted molar refractivity (Wildman–Crippen MR) is 52.8 cm³/mol. The van der Waals surface area contributed by atoms with Gasteiger partial charge >= 0.3 is 0 Å². The third-order valence-electron chi connectivity index (χ3n) is 1.74. The van der Waals surface area contributed by atoms with Crippen LogP contribution in [0.25, 0.3) is 0 Å². The molecule has 1 aromatic rings. The quantitative estimate of drug-likeness (QED) is 0.601. The summed E-state index contributed by atoms with van der Waals surface area (Å²) in [5.74, 6) is -1.13. The molecule has 3 nitrogen and oxygen atoms in total. The molecule has 0 heterocycles. The molecule has 0 aromatic heterocycles. The standard InChI is InChI=1S/C9H10FNO2S/c1-11(13-2)9(12)7-4-3-6(14)5-8(7)10/h3-5,14H,1-2H3. The second-order valence-corrected chi connectivity index (χ2v) is 3.17. The van der Waals surface area contributed by atoms with E-state index < -0.39 is 11.7 Å². The molecule has 14 heavy (non-hydrogen) atoms. The van der Waals surface area contributed by atoms with E-state index in [0.717, 1.165) is 5.06 Å². The first kappa shape index (κ1) is 11.0. The normalized spacial score (nSPS) is 10.0. The highest BCUT2D eigenvalue weighted by atomic mass is 32.1. The number of nitrogens with zero attached hydrogens (tertiary/aromatic N) is 1. The number of rotatable bonds is 2. The summed E-state index contributed by atoms with van der Waals surface area (Å²) < 4.78 is 13.2. The summed E-state index contributed by atoms with van der Waals surface area (Å²) in [5, 5.41) is 0.955. The van der Waals surface area contributed by atoms with Crippen molar-refractivity contribution in [3.05, 3.63) is 29.6 Å². The van der Waals surface area contributed by atoms with Crippen LogP contribution < -0.4 is 0 Å². The zero-order valence-corrected chi connectivity index (χ0v) is 8.72. The second kappa shape index (κ2) is 4.43. The molecule has 0 atom stereocenters. The van der Waals surface area contributed by atoms with Crippen molar-refractivity contribution in [3.63, 3.8) is 0 Å². The average Bonchev–Trinajstić information content (AvgIpc) is 2.15. The molecule has 0 aliphatic carbocycles. The maximum Gasteiger partial charge on any atom is 0.280 e. The van der Waals surface area contributed by atoms with Crippen molar-refractivity contribution in [3.8, 4) is 0 Å². The lowest BCUT2D eigenvalue weighted by Gasteiger charge is -2.13. The van der Waals surface area contributed by atoms with Crippen LogP contribution in [0.5, 0.6) is 0 Å². The molecule has 1 amide bonds. The lowest BCUT2D eigenvalue weighted by atomic mass is 10.2. The number of hydroxylamine groups is 2. The Kier molecular flexibility index (Phi) is 3.49. The summed E-state index contributed by atoms with van der Waals surface area (Å²) in [5.41, 5.74) is -0.0350. The van der Waals surface area contributed by atoms with Crippen molar-refractivity contribution in [1.82, 2.24) is 5.06 Å². The van der Waals surface area contributed by atoms with Gasteiger partial charge in [-0.3, -0.25) is 9.63 Å². The first-order valence-electron chi connectivity index (χ1n) is 3.87. The van der Waals surface area contributed by atoms with Crippen molar-refractivity contribution in [2.75, 3.05) is 14.2 Å². The van der Waals surface area contributed by atoms with E-state index >= 15 is 0 Å². The molecular weight excluding hydrogens is 205 g/mol. The Labute approximate surface area is 86.8 Å². The molecule has 0 N–H and O–H groups in total. The number of amides is 1. The first-order valence-corrected chi connectivity index (χ1v) is 4.31. The molecule has 0 aliphatic rings. The summed E-state index contributed by atoms with van der Waals surface area (Å²) >= 11 is 3.95. The van der Waals surface area contributed by atoms with E-state index in [-0.39, 0.29) is 5.56 Å². The molecular formula is C9H10FNO2S. The van der Waals surface area contributed by atoms with E-state index in [9.17, 15) is 9.18 Å². The lowest BCUT2D eigenvalue weighted by molar-refractivity contribution is -0.0759. The fourth-order valence-corrected chi connectivity index (χ4v) is 1.12. The van der Waals surface area contributed by atoms with Gasteiger partial charge in [0.1, 0.15) is 5.82 Å². The maximum atomic E-state index is 13.2. The van der Waals surface area contributed by atoms with Crippen LogP contribution in [-0.4, -0.2) is 25.1 Å². The first-order chi connectivity index (χ1) is 6.56. The Morgan fingerprint density at radius 1 is 1.57 bits per heavy atom. The number of benzene rings is 1. The zero-order chi connectivity index (χ0) is 10.7. The Morgan fingerprint density at radius 3 is 2.71 bits per heavy atom. The van der Waals surface area contributed by atoms with Gasteiger partial charge in [-0.2, -0.15) is 0 Å². The van der Waals surface area contributed by atoms with Gasteiger partial charge in [-0.25, -0.2) is 9.45 Å². The Balaban J connectivity index is 3.02. The summed E-state index contributed by atoms with van der Waals surface area (Å²) in [6, 6.07) is 4.10. The van der Waals surface area contributed by atoms with E-state index in [4.69, 9.17) is 0 Å². The number of hydrogen-bond acceptors (Lipinski definition) is 3. The Hall–Kier alpha value is -1.07. The van der Waals surface area contributed by atoms with Crippen molar-refractivity contribution in [1.29, 1.82) is 0 Å². The topological polar surface area (TPSA) is 29.5 Å². The molecule has 1 aromatic carbocycles. The molecule has 0 spiro atoms. The molecule has 0 aliphatic heterocycles. The number of hydrogen-bond donors (Lipinski definition) is 1. The van der Waals surface area contributed by atoms with Crippen LogP contribution in [0.3, 0.4) is 0 Å². The summed E-state index contributed by atoms with van der Waals surface area (Å²) in [6.45, 7) is 0.